The van der Waals surface area contributed by atoms with E-state index in [1.54, 1.807) is 35.4 Å². The van der Waals surface area contributed by atoms with Crippen LogP contribution in [0.5, 0.6) is 0 Å². The molecule has 0 radical (unpaired) electrons. The molecule has 0 N–H and O–H groups in total. The van der Waals surface area contributed by atoms with Crippen LogP contribution in [0.25, 0.3) is 0 Å². The maximum Gasteiger partial charge on any atom is 0.338 e. The molecule has 3 aromatic rings. The number of hydrogen-bond acceptors (Lipinski definition) is 7. The van der Waals surface area contributed by atoms with Crippen molar-refractivity contribution >= 4 is 40.2 Å². The van der Waals surface area contributed by atoms with Crippen molar-refractivity contribution in [3.8, 4) is 0 Å². The maximum atomic E-state index is 12.5. The van der Waals surface area contributed by atoms with Crippen LogP contribution >= 0.6 is 22.6 Å². The molecule has 0 aliphatic rings. The fourth-order valence-electron chi connectivity index (χ4n) is 2.71. The van der Waals surface area contributed by atoms with Gasteiger partial charge in [0.05, 0.1) is 35.5 Å². The Morgan fingerprint density at radius 2 is 1.71 bits per heavy atom. The van der Waals surface area contributed by atoms with Crippen molar-refractivity contribution in [1.29, 1.82) is 0 Å². The van der Waals surface area contributed by atoms with E-state index in [1.165, 1.54) is 24.3 Å². The minimum Gasteiger partial charge on any atom is -0.462 e. The molecule has 0 saturated heterocycles. The zero-order chi connectivity index (χ0) is 22.2. The Bertz CT molecular complexity index is 1040. The molecule has 0 aliphatic heterocycles. The molecule has 1 unspecified atom stereocenters. The molecule has 0 saturated carbocycles. The Balaban J connectivity index is 1.59. The van der Waals surface area contributed by atoms with Crippen LogP contribution in [0, 0.1) is 13.7 Å². The molecule has 9 nitrogen and oxygen atoms in total. The summed E-state index contributed by atoms with van der Waals surface area (Å²) in [7, 11) is 0. The first-order valence-electron chi connectivity index (χ1n) is 9.26. The molecule has 1 aromatic heterocycles. The van der Waals surface area contributed by atoms with Gasteiger partial charge in [0, 0.05) is 34.5 Å². The highest BCUT2D eigenvalue weighted by atomic mass is 127. The minimum atomic E-state index is -0.611. The maximum absolute atomic E-state index is 12.5. The van der Waals surface area contributed by atoms with Crippen molar-refractivity contribution in [2.45, 2.75) is 19.1 Å². The van der Waals surface area contributed by atoms with Crippen LogP contribution in [0.4, 0.5) is 5.69 Å². The van der Waals surface area contributed by atoms with Gasteiger partial charge in [-0.2, -0.15) is 0 Å². The number of carbonyl (C=O) groups excluding carboxylic acids is 2. The Kier molecular flexibility index (Phi) is 7.70. The normalized spacial score (nSPS) is 11.5. The molecule has 160 valence electrons. The zero-order valence-electron chi connectivity index (χ0n) is 16.2. The molecule has 0 bridgehead atoms. The lowest BCUT2D eigenvalue weighted by Crippen LogP contribution is -2.25. The first-order chi connectivity index (χ1) is 14.9. The number of rotatable bonds is 9. The van der Waals surface area contributed by atoms with Gasteiger partial charge in [-0.1, -0.05) is 0 Å². The van der Waals surface area contributed by atoms with Crippen molar-refractivity contribution in [2.75, 3.05) is 6.61 Å². The fraction of sp³-hybridized carbons (Fsp3) is 0.190. The van der Waals surface area contributed by atoms with Gasteiger partial charge in [0.1, 0.15) is 6.10 Å². The fourth-order valence-corrected chi connectivity index (χ4v) is 3.07. The van der Waals surface area contributed by atoms with E-state index in [0.717, 1.165) is 3.57 Å². The first-order valence-corrected chi connectivity index (χ1v) is 10.3. The monoisotopic (exact) mass is 535 g/mol. The van der Waals surface area contributed by atoms with E-state index in [-0.39, 0.29) is 24.3 Å². The summed E-state index contributed by atoms with van der Waals surface area (Å²) in [4.78, 5) is 38.8. The summed E-state index contributed by atoms with van der Waals surface area (Å²) in [5.74, 6) is -1.08. The van der Waals surface area contributed by atoms with E-state index in [1.807, 2.05) is 12.1 Å². The summed E-state index contributed by atoms with van der Waals surface area (Å²) in [6.45, 7) is 0.361. The third-order valence-corrected chi connectivity index (χ3v) is 5.03. The second-order valence-corrected chi connectivity index (χ2v) is 7.77. The molecule has 31 heavy (non-hydrogen) atoms. The highest BCUT2D eigenvalue weighted by Crippen LogP contribution is 2.14. The van der Waals surface area contributed by atoms with Gasteiger partial charge in [-0.25, -0.2) is 14.6 Å². The SMILES string of the molecule is O=C(OCCC(Cn1ccnc1)OC(=O)c1ccc(I)cc1)c1ccc([N+](=O)[O-])cc1. The van der Waals surface area contributed by atoms with Gasteiger partial charge in [-0.3, -0.25) is 10.1 Å². The lowest BCUT2D eigenvalue weighted by molar-refractivity contribution is -0.384. The quantitative estimate of drug-likeness (QED) is 0.177. The van der Waals surface area contributed by atoms with Crippen LogP contribution in [-0.4, -0.2) is 39.1 Å². The number of hydrogen-bond donors (Lipinski definition) is 0. The average molecular weight is 535 g/mol. The third-order valence-electron chi connectivity index (χ3n) is 4.31. The molecular weight excluding hydrogens is 517 g/mol. The van der Waals surface area contributed by atoms with Crippen molar-refractivity contribution < 1.29 is 24.0 Å². The molecule has 1 heterocycles. The van der Waals surface area contributed by atoms with Crippen LogP contribution in [0.15, 0.2) is 67.3 Å². The molecule has 1 atom stereocenters. The number of nitro benzene ring substituents is 1. The molecule has 0 fully saturated rings. The number of carbonyl (C=O) groups is 2. The molecule has 0 spiro atoms. The van der Waals surface area contributed by atoms with Crippen LogP contribution in [-0.2, 0) is 16.0 Å². The zero-order valence-corrected chi connectivity index (χ0v) is 18.4. The van der Waals surface area contributed by atoms with Gasteiger partial charge in [0.2, 0.25) is 0 Å². The third kappa shape index (κ3) is 6.60. The van der Waals surface area contributed by atoms with E-state index in [2.05, 4.69) is 27.6 Å². The number of benzene rings is 2. The van der Waals surface area contributed by atoms with Crippen LogP contribution in [0.3, 0.4) is 0 Å². The largest absolute Gasteiger partial charge is 0.462 e. The molecule has 3 rings (SSSR count). The predicted molar refractivity (Wildman–Crippen MR) is 119 cm³/mol. The Labute approximate surface area is 191 Å². The predicted octanol–water partition coefficient (Wildman–Crippen LogP) is 3.87. The Morgan fingerprint density at radius 1 is 1.06 bits per heavy atom. The van der Waals surface area contributed by atoms with Gasteiger partial charge >= 0.3 is 11.9 Å². The number of nitrogens with zero attached hydrogens (tertiary/aromatic N) is 3. The lowest BCUT2D eigenvalue weighted by Gasteiger charge is -2.18. The minimum absolute atomic E-state index is 0.00908. The summed E-state index contributed by atoms with van der Waals surface area (Å²) in [6.07, 6.45) is 4.69. The number of nitro groups is 1. The number of esters is 2. The average Bonchev–Trinajstić information content (AvgIpc) is 3.27. The van der Waals surface area contributed by atoms with Crippen molar-refractivity contribution in [2.24, 2.45) is 0 Å². The summed E-state index contributed by atoms with van der Waals surface area (Å²) < 4.78 is 13.6. The smallest absolute Gasteiger partial charge is 0.338 e. The molecular formula is C21H18IN3O6. The number of aromatic nitrogens is 2. The number of imidazole rings is 1. The van der Waals surface area contributed by atoms with Gasteiger partial charge in [-0.15, -0.1) is 0 Å². The number of ether oxygens (including phenoxy) is 2. The van der Waals surface area contributed by atoms with Crippen molar-refractivity contribution in [3.05, 3.63) is 92.1 Å². The van der Waals surface area contributed by atoms with Crippen molar-refractivity contribution in [3.63, 3.8) is 0 Å². The Hall–Kier alpha value is -3.28. The summed E-state index contributed by atoms with van der Waals surface area (Å²) in [5.41, 5.74) is 0.519. The van der Waals surface area contributed by atoms with E-state index < -0.39 is 23.0 Å². The van der Waals surface area contributed by atoms with E-state index in [9.17, 15) is 19.7 Å². The second kappa shape index (κ2) is 10.7. The Morgan fingerprint density at radius 3 is 2.32 bits per heavy atom. The van der Waals surface area contributed by atoms with Gasteiger partial charge in [-0.05, 0) is 59.0 Å². The summed E-state index contributed by atoms with van der Waals surface area (Å²) >= 11 is 2.15. The molecule has 2 aromatic carbocycles. The molecule has 0 aliphatic carbocycles. The molecule has 10 heteroatoms. The van der Waals surface area contributed by atoms with Crippen LogP contribution in [0.1, 0.15) is 27.1 Å². The molecule has 0 amide bonds. The number of non-ortho nitro benzene ring substituents is 1. The summed E-state index contributed by atoms with van der Waals surface area (Å²) in [6, 6.07) is 12.1. The standard InChI is InChI=1S/C21H18IN3O6/c22-17-5-1-16(2-6-17)21(27)31-19(13-24-11-10-23-14-24)9-12-30-20(26)15-3-7-18(8-4-15)25(28)29/h1-8,10-11,14,19H,9,12-13H2. The van der Waals surface area contributed by atoms with Crippen LogP contribution < -0.4 is 0 Å². The van der Waals surface area contributed by atoms with Gasteiger partial charge in [0.25, 0.3) is 5.69 Å². The van der Waals surface area contributed by atoms with E-state index >= 15 is 0 Å². The van der Waals surface area contributed by atoms with E-state index in [4.69, 9.17) is 9.47 Å². The van der Waals surface area contributed by atoms with Gasteiger partial charge in [0.15, 0.2) is 0 Å². The summed E-state index contributed by atoms with van der Waals surface area (Å²) in [5, 5.41) is 10.7. The number of halogens is 1. The van der Waals surface area contributed by atoms with Crippen molar-refractivity contribution in [1.82, 2.24) is 9.55 Å². The van der Waals surface area contributed by atoms with Gasteiger partial charge < -0.3 is 14.0 Å². The first kappa shape index (κ1) is 22.4. The highest BCUT2D eigenvalue weighted by Gasteiger charge is 2.18. The second-order valence-electron chi connectivity index (χ2n) is 6.52. The van der Waals surface area contributed by atoms with Crippen LogP contribution in [0.2, 0.25) is 0 Å². The van der Waals surface area contributed by atoms with E-state index in [0.29, 0.717) is 12.1 Å². The highest BCUT2D eigenvalue weighted by molar-refractivity contribution is 14.1. The lowest BCUT2D eigenvalue weighted by atomic mass is 10.2. The topological polar surface area (TPSA) is 114 Å².